The van der Waals surface area contributed by atoms with E-state index in [9.17, 15) is 0 Å². The summed E-state index contributed by atoms with van der Waals surface area (Å²) in [5, 5.41) is 0. The average molecular weight is 246 g/mol. The van der Waals surface area contributed by atoms with Crippen molar-refractivity contribution in [3.8, 4) is 0 Å². The Morgan fingerprint density at radius 1 is 0.882 bits per heavy atom. The first-order valence-electron chi connectivity index (χ1n) is 6.40. The highest BCUT2D eigenvalue weighted by Crippen LogP contribution is 2.17. The molecule has 0 radical (unpaired) electrons. The van der Waals surface area contributed by atoms with Crippen LogP contribution in [0.1, 0.15) is 46.5 Å². The molecule has 0 amide bonds. The van der Waals surface area contributed by atoms with Crippen molar-refractivity contribution >= 4 is 0 Å². The lowest BCUT2D eigenvalue weighted by Crippen LogP contribution is -2.07. The molecule has 17 heavy (non-hydrogen) atoms. The molecule has 0 fully saturated rings. The highest BCUT2D eigenvalue weighted by Gasteiger charge is 2.11. The zero-order valence-electron chi connectivity index (χ0n) is 11.6. The van der Waals surface area contributed by atoms with Crippen molar-refractivity contribution in [2.45, 2.75) is 46.5 Å². The third kappa shape index (κ3) is 7.91. The number of unbranched alkanes of at least 4 members (excludes halogenated alkanes) is 2. The molecule has 0 rings (SSSR count). The van der Waals surface area contributed by atoms with Gasteiger partial charge >= 0.3 is 5.95 Å². The van der Waals surface area contributed by atoms with Gasteiger partial charge in [0.1, 0.15) is 0 Å². The fraction of sp³-hybridized carbons (Fsp3) is 0.846. The average Bonchev–Trinajstić information content (AvgIpc) is 2.34. The van der Waals surface area contributed by atoms with Gasteiger partial charge in [0, 0.05) is 13.5 Å². The first-order chi connectivity index (χ1) is 8.29. The number of rotatable bonds is 11. The van der Waals surface area contributed by atoms with Gasteiger partial charge in [-0.15, -0.1) is 0 Å². The Morgan fingerprint density at radius 3 is 2.12 bits per heavy atom. The second-order valence-electron chi connectivity index (χ2n) is 3.58. The van der Waals surface area contributed by atoms with Gasteiger partial charge in [-0.25, -0.2) is 0 Å². The predicted octanol–water partition coefficient (Wildman–Crippen LogP) is 3.43. The molecule has 0 heterocycles. The summed E-state index contributed by atoms with van der Waals surface area (Å²) in [5.41, 5.74) is 0. The molecular formula is C13H26O4. The largest absolute Gasteiger partial charge is 0.491 e. The molecular weight excluding hydrogens is 220 g/mol. The molecule has 0 aromatic carbocycles. The predicted molar refractivity (Wildman–Crippen MR) is 67.4 cm³/mol. The quantitative estimate of drug-likeness (QED) is 0.318. The third-order valence-electron chi connectivity index (χ3n) is 2.14. The summed E-state index contributed by atoms with van der Waals surface area (Å²) in [6, 6.07) is 0. The van der Waals surface area contributed by atoms with E-state index in [-0.39, 0.29) is 6.79 Å². The van der Waals surface area contributed by atoms with E-state index in [2.05, 4.69) is 6.92 Å². The molecule has 0 aliphatic heterocycles. The minimum absolute atomic E-state index is 0.180. The molecule has 0 aromatic heterocycles. The number of allylic oxidation sites excluding steroid dienone is 1. The molecule has 0 aromatic rings. The molecule has 0 atom stereocenters. The Kier molecular flexibility index (Phi) is 11.0. The smallest absolute Gasteiger partial charge is 0.321 e. The van der Waals surface area contributed by atoms with E-state index >= 15 is 0 Å². The van der Waals surface area contributed by atoms with Crippen LogP contribution in [-0.4, -0.2) is 27.1 Å². The SMILES string of the molecule is CCCCC/C(OCC)=C(\OCC)OCOC. The van der Waals surface area contributed by atoms with Crippen molar-refractivity contribution in [2.24, 2.45) is 0 Å². The normalized spacial score (nSPS) is 12.0. The molecule has 102 valence electrons. The van der Waals surface area contributed by atoms with Crippen molar-refractivity contribution in [2.75, 3.05) is 27.1 Å². The van der Waals surface area contributed by atoms with Crippen LogP contribution in [0.15, 0.2) is 11.7 Å². The summed E-state index contributed by atoms with van der Waals surface area (Å²) in [5.74, 6) is 1.26. The second-order valence-corrected chi connectivity index (χ2v) is 3.58. The highest BCUT2D eigenvalue weighted by atomic mass is 16.7. The van der Waals surface area contributed by atoms with Crippen molar-refractivity contribution in [3.05, 3.63) is 11.7 Å². The van der Waals surface area contributed by atoms with Crippen LogP contribution in [0, 0.1) is 0 Å². The van der Waals surface area contributed by atoms with Gasteiger partial charge in [-0.3, -0.25) is 0 Å². The van der Waals surface area contributed by atoms with E-state index in [0.717, 1.165) is 18.6 Å². The van der Waals surface area contributed by atoms with Gasteiger partial charge in [0.25, 0.3) is 0 Å². The van der Waals surface area contributed by atoms with Crippen LogP contribution in [0.25, 0.3) is 0 Å². The van der Waals surface area contributed by atoms with E-state index in [1.165, 1.54) is 12.8 Å². The van der Waals surface area contributed by atoms with Crippen LogP contribution in [0.5, 0.6) is 0 Å². The van der Waals surface area contributed by atoms with E-state index in [1.807, 2.05) is 13.8 Å². The van der Waals surface area contributed by atoms with Crippen LogP contribution < -0.4 is 0 Å². The Hall–Kier alpha value is -0.900. The summed E-state index contributed by atoms with van der Waals surface area (Å²) < 4.78 is 21.3. The zero-order valence-corrected chi connectivity index (χ0v) is 11.6. The molecule has 0 saturated heterocycles. The van der Waals surface area contributed by atoms with Gasteiger partial charge in [-0.1, -0.05) is 19.8 Å². The van der Waals surface area contributed by atoms with E-state index in [1.54, 1.807) is 7.11 Å². The summed E-state index contributed by atoms with van der Waals surface area (Å²) in [6.45, 7) is 7.41. The van der Waals surface area contributed by atoms with Crippen LogP contribution >= 0.6 is 0 Å². The Labute approximate surface area is 105 Å². The number of ether oxygens (including phenoxy) is 4. The van der Waals surface area contributed by atoms with E-state index in [0.29, 0.717) is 19.2 Å². The Morgan fingerprint density at radius 2 is 1.59 bits per heavy atom. The molecule has 4 heteroatoms. The first kappa shape index (κ1) is 16.1. The van der Waals surface area contributed by atoms with Gasteiger partial charge in [0.2, 0.25) is 0 Å². The summed E-state index contributed by atoms with van der Waals surface area (Å²) in [4.78, 5) is 0. The number of methoxy groups -OCH3 is 1. The van der Waals surface area contributed by atoms with E-state index in [4.69, 9.17) is 18.9 Å². The zero-order chi connectivity index (χ0) is 12.9. The molecule has 0 unspecified atom stereocenters. The van der Waals surface area contributed by atoms with Crippen LogP contribution in [0.4, 0.5) is 0 Å². The fourth-order valence-corrected chi connectivity index (χ4v) is 1.39. The lowest BCUT2D eigenvalue weighted by Gasteiger charge is -2.15. The third-order valence-corrected chi connectivity index (χ3v) is 2.14. The Balaban J connectivity index is 4.46. The molecule has 0 N–H and O–H groups in total. The molecule has 0 bridgehead atoms. The van der Waals surface area contributed by atoms with Crippen molar-refractivity contribution in [3.63, 3.8) is 0 Å². The lowest BCUT2D eigenvalue weighted by atomic mass is 10.2. The fourth-order valence-electron chi connectivity index (χ4n) is 1.39. The Bertz CT molecular complexity index is 202. The standard InChI is InChI=1S/C13H26O4/c1-5-8-9-10-12(15-6-2)13(16-7-3)17-11-14-4/h5-11H2,1-4H3/b13-12-. The van der Waals surface area contributed by atoms with Crippen molar-refractivity contribution < 1.29 is 18.9 Å². The van der Waals surface area contributed by atoms with Gasteiger partial charge in [-0.2, -0.15) is 0 Å². The lowest BCUT2D eigenvalue weighted by molar-refractivity contribution is -0.0663. The summed E-state index contributed by atoms with van der Waals surface area (Å²) >= 11 is 0. The van der Waals surface area contributed by atoms with Gasteiger partial charge in [-0.05, 0) is 20.3 Å². The molecule has 0 spiro atoms. The second kappa shape index (κ2) is 11.6. The number of hydrogen-bond acceptors (Lipinski definition) is 4. The molecule has 0 aliphatic carbocycles. The van der Waals surface area contributed by atoms with Crippen LogP contribution in [-0.2, 0) is 18.9 Å². The van der Waals surface area contributed by atoms with Gasteiger partial charge in [0.05, 0.1) is 13.2 Å². The molecule has 0 aliphatic rings. The van der Waals surface area contributed by atoms with Gasteiger partial charge < -0.3 is 18.9 Å². The first-order valence-corrected chi connectivity index (χ1v) is 6.40. The summed E-state index contributed by atoms with van der Waals surface area (Å²) in [7, 11) is 1.58. The minimum Gasteiger partial charge on any atom is -0.491 e. The number of hydrogen-bond donors (Lipinski definition) is 0. The monoisotopic (exact) mass is 246 g/mol. The maximum absolute atomic E-state index is 5.57. The van der Waals surface area contributed by atoms with E-state index < -0.39 is 0 Å². The van der Waals surface area contributed by atoms with Crippen molar-refractivity contribution in [1.29, 1.82) is 0 Å². The van der Waals surface area contributed by atoms with Gasteiger partial charge in [0.15, 0.2) is 12.6 Å². The van der Waals surface area contributed by atoms with Crippen molar-refractivity contribution in [1.82, 2.24) is 0 Å². The maximum Gasteiger partial charge on any atom is 0.321 e. The van der Waals surface area contributed by atoms with Crippen LogP contribution in [0.3, 0.4) is 0 Å². The molecule has 4 nitrogen and oxygen atoms in total. The maximum atomic E-state index is 5.57. The minimum atomic E-state index is 0.180. The topological polar surface area (TPSA) is 36.9 Å². The molecule has 0 saturated carbocycles. The summed E-state index contributed by atoms with van der Waals surface area (Å²) in [6.07, 6.45) is 4.29. The highest BCUT2D eigenvalue weighted by molar-refractivity contribution is 4.95. The van der Waals surface area contributed by atoms with Crippen LogP contribution in [0.2, 0.25) is 0 Å².